The number of nitrogens with zero attached hydrogens (tertiary/aromatic N) is 1. The Bertz CT molecular complexity index is 388. The second kappa shape index (κ2) is 7.21. The molecule has 0 amide bonds. The van der Waals surface area contributed by atoms with Gasteiger partial charge in [0.1, 0.15) is 0 Å². The lowest BCUT2D eigenvalue weighted by Gasteiger charge is -2.28. The summed E-state index contributed by atoms with van der Waals surface area (Å²) in [6.45, 7) is 5.74. The van der Waals surface area contributed by atoms with Gasteiger partial charge >= 0.3 is 0 Å². The number of aliphatic hydroxyl groups is 1. The van der Waals surface area contributed by atoms with Crippen molar-refractivity contribution in [1.29, 1.82) is 0 Å². The molecule has 20 heavy (non-hydrogen) atoms. The third-order valence-corrected chi connectivity index (χ3v) is 4.67. The summed E-state index contributed by atoms with van der Waals surface area (Å²) in [5.74, 6) is 0. The van der Waals surface area contributed by atoms with E-state index in [-0.39, 0.29) is 12.1 Å². The van der Waals surface area contributed by atoms with Crippen LogP contribution in [-0.2, 0) is 12.8 Å². The van der Waals surface area contributed by atoms with Crippen LogP contribution < -0.4 is 5.32 Å². The van der Waals surface area contributed by atoms with Crippen LogP contribution >= 0.6 is 0 Å². The first kappa shape index (κ1) is 15.5. The standard InChI is InChI=1S/C17H28N2O/c1-17(14-20,18-2)10-5-11-19-12-8-15-6-3-4-7-16(15)9-13-19/h3-4,6-7,18,20H,5,8-14H2,1-2H3. The van der Waals surface area contributed by atoms with E-state index in [4.69, 9.17) is 0 Å². The quantitative estimate of drug-likeness (QED) is 0.832. The fraction of sp³-hybridized carbons (Fsp3) is 0.647. The Balaban J connectivity index is 1.79. The molecule has 1 aliphatic rings. The maximum Gasteiger partial charge on any atom is 0.0610 e. The molecule has 0 aliphatic carbocycles. The molecule has 0 spiro atoms. The zero-order valence-corrected chi connectivity index (χ0v) is 12.9. The number of likely N-dealkylation sites (N-methyl/N-ethyl adjacent to an activating group) is 1. The van der Waals surface area contributed by atoms with Gasteiger partial charge in [-0.3, -0.25) is 0 Å². The molecule has 2 rings (SSSR count). The van der Waals surface area contributed by atoms with Gasteiger partial charge in [-0.25, -0.2) is 0 Å². The summed E-state index contributed by atoms with van der Waals surface area (Å²) in [4.78, 5) is 2.56. The van der Waals surface area contributed by atoms with Crippen LogP contribution in [0, 0.1) is 0 Å². The fourth-order valence-corrected chi connectivity index (χ4v) is 2.91. The normalized spacial score (nSPS) is 19.1. The molecule has 1 aromatic carbocycles. The van der Waals surface area contributed by atoms with Crippen LogP contribution in [0.4, 0.5) is 0 Å². The Kier molecular flexibility index (Phi) is 5.58. The minimum Gasteiger partial charge on any atom is -0.394 e. The molecule has 1 aromatic rings. The lowest BCUT2D eigenvalue weighted by atomic mass is 9.97. The van der Waals surface area contributed by atoms with E-state index in [9.17, 15) is 5.11 Å². The monoisotopic (exact) mass is 276 g/mol. The van der Waals surface area contributed by atoms with E-state index in [2.05, 4.69) is 41.4 Å². The van der Waals surface area contributed by atoms with E-state index in [0.29, 0.717) is 0 Å². The molecule has 0 aromatic heterocycles. The topological polar surface area (TPSA) is 35.5 Å². The summed E-state index contributed by atoms with van der Waals surface area (Å²) >= 11 is 0. The number of hydrogen-bond acceptors (Lipinski definition) is 3. The number of aliphatic hydroxyl groups excluding tert-OH is 1. The van der Waals surface area contributed by atoms with Crippen LogP contribution in [0.15, 0.2) is 24.3 Å². The van der Waals surface area contributed by atoms with Crippen molar-refractivity contribution in [3.8, 4) is 0 Å². The van der Waals surface area contributed by atoms with Crippen molar-refractivity contribution in [2.45, 2.75) is 38.1 Å². The van der Waals surface area contributed by atoms with E-state index in [1.54, 1.807) is 0 Å². The summed E-state index contributed by atoms with van der Waals surface area (Å²) in [7, 11) is 1.93. The largest absolute Gasteiger partial charge is 0.394 e. The van der Waals surface area contributed by atoms with Crippen molar-refractivity contribution in [2.75, 3.05) is 33.3 Å². The maximum absolute atomic E-state index is 9.41. The number of rotatable bonds is 6. The van der Waals surface area contributed by atoms with Gasteiger partial charge in [0, 0.05) is 18.6 Å². The summed E-state index contributed by atoms with van der Waals surface area (Å²) in [5, 5.41) is 12.6. The van der Waals surface area contributed by atoms with Gasteiger partial charge in [-0.2, -0.15) is 0 Å². The van der Waals surface area contributed by atoms with E-state index < -0.39 is 0 Å². The van der Waals surface area contributed by atoms with Crippen molar-refractivity contribution < 1.29 is 5.11 Å². The van der Waals surface area contributed by atoms with Gasteiger partial charge in [-0.05, 0) is 57.3 Å². The van der Waals surface area contributed by atoms with E-state index in [1.807, 2.05) is 7.05 Å². The highest BCUT2D eigenvalue weighted by Gasteiger charge is 2.21. The highest BCUT2D eigenvalue weighted by atomic mass is 16.3. The predicted molar refractivity (Wildman–Crippen MR) is 84.1 cm³/mol. The maximum atomic E-state index is 9.41. The van der Waals surface area contributed by atoms with Crippen LogP contribution in [0.1, 0.15) is 30.9 Å². The van der Waals surface area contributed by atoms with Crippen molar-refractivity contribution in [3.05, 3.63) is 35.4 Å². The second-order valence-corrected chi connectivity index (χ2v) is 6.18. The van der Waals surface area contributed by atoms with Crippen LogP contribution in [0.3, 0.4) is 0 Å². The fourth-order valence-electron chi connectivity index (χ4n) is 2.91. The molecule has 0 saturated carbocycles. The molecule has 1 heterocycles. The molecular formula is C17H28N2O. The zero-order valence-electron chi connectivity index (χ0n) is 12.9. The van der Waals surface area contributed by atoms with Gasteiger partial charge < -0.3 is 15.3 Å². The molecular weight excluding hydrogens is 248 g/mol. The summed E-state index contributed by atoms with van der Waals surface area (Å²) < 4.78 is 0. The molecule has 1 aliphatic heterocycles. The molecule has 112 valence electrons. The Morgan fingerprint density at radius 1 is 1.20 bits per heavy atom. The van der Waals surface area contributed by atoms with E-state index in [0.717, 1.165) is 32.5 Å². The van der Waals surface area contributed by atoms with Crippen molar-refractivity contribution in [1.82, 2.24) is 10.2 Å². The summed E-state index contributed by atoms with van der Waals surface area (Å²) in [6, 6.07) is 8.83. The highest BCUT2D eigenvalue weighted by molar-refractivity contribution is 5.28. The predicted octanol–water partition coefficient (Wildman–Crippen LogP) is 1.84. The molecule has 0 bridgehead atoms. The average Bonchev–Trinajstić information content (AvgIpc) is 2.70. The molecule has 3 nitrogen and oxygen atoms in total. The van der Waals surface area contributed by atoms with Gasteiger partial charge in [0.25, 0.3) is 0 Å². The van der Waals surface area contributed by atoms with Crippen molar-refractivity contribution in [2.24, 2.45) is 0 Å². The summed E-state index contributed by atoms with van der Waals surface area (Å²) in [6.07, 6.45) is 4.48. The van der Waals surface area contributed by atoms with Crippen LogP contribution in [-0.4, -0.2) is 48.8 Å². The Morgan fingerprint density at radius 2 is 1.80 bits per heavy atom. The first-order valence-corrected chi connectivity index (χ1v) is 7.76. The zero-order chi connectivity index (χ0) is 14.4. The number of hydrogen-bond donors (Lipinski definition) is 2. The minimum atomic E-state index is -0.130. The highest BCUT2D eigenvalue weighted by Crippen LogP contribution is 2.17. The van der Waals surface area contributed by atoms with E-state index in [1.165, 1.54) is 24.0 Å². The van der Waals surface area contributed by atoms with E-state index >= 15 is 0 Å². The van der Waals surface area contributed by atoms with Crippen molar-refractivity contribution >= 4 is 0 Å². The molecule has 0 radical (unpaired) electrons. The third kappa shape index (κ3) is 4.05. The average molecular weight is 276 g/mol. The first-order chi connectivity index (χ1) is 9.67. The van der Waals surface area contributed by atoms with Gasteiger partial charge in [-0.1, -0.05) is 24.3 Å². The second-order valence-electron chi connectivity index (χ2n) is 6.18. The van der Waals surface area contributed by atoms with Crippen LogP contribution in [0.5, 0.6) is 0 Å². The molecule has 0 fully saturated rings. The number of benzene rings is 1. The SMILES string of the molecule is CNC(C)(CO)CCCN1CCc2ccccc2CC1. The van der Waals surface area contributed by atoms with Crippen LogP contribution in [0.25, 0.3) is 0 Å². The molecule has 0 saturated heterocycles. The number of nitrogens with one attached hydrogen (secondary N) is 1. The lowest BCUT2D eigenvalue weighted by molar-refractivity contribution is 0.164. The number of fused-ring (bicyclic) bond motifs is 1. The molecule has 1 unspecified atom stereocenters. The molecule has 1 atom stereocenters. The van der Waals surface area contributed by atoms with Crippen LogP contribution in [0.2, 0.25) is 0 Å². The van der Waals surface area contributed by atoms with Gasteiger partial charge in [0.15, 0.2) is 0 Å². The molecule has 2 N–H and O–H groups in total. The Labute approximate surface area is 123 Å². The smallest absolute Gasteiger partial charge is 0.0610 e. The summed E-state index contributed by atoms with van der Waals surface area (Å²) in [5.41, 5.74) is 2.91. The first-order valence-electron chi connectivity index (χ1n) is 7.76. The van der Waals surface area contributed by atoms with Gasteiger partial charge in [0.05, 0.1) is 6.61 Å². The third-order valence-electron chi connectivity index (χ3n) is 4.67. The minimum absolute atomic E-state index is 0.130. The Hall–Kier alpha value is -0.900. The molecule has 3 heteroatoms. The van der Waals surface area contributed by atoms with Gasteiger partial charge in [0.2, 0.25) is 0 Å². The Morgan fingerprint density at radius 3 is 2.30 bits per heavy atom. The van der Waals surface area contributed by atoms with Crippen molar-refractivity contribution in [3.63, 3.8) is 0 Å². The lowest BCUT2D eigenvalue weighted by Crippen LogP contribution is -2.44. The van der Waals surface area contributed by atoms with Gasteiger partial charge in [-0.15, -0.1) is 0 Å².